The van der Waals surface area contributed by atoms with Crippen LogP contribution in [0.5, 0.6) is 5.88 Å². The zero-order valence-electron chi connectivity index (χ0n) is 24.0. The van der Waals surface area contributed by atoms with Crippen molar-refractivity contribution in [2.75, 3.05) is 4.90 Å². The highest BCUT2D eigenvalue weighted by atomic mass is 35.5. The Bertz CT molecular complexity index is 1660. The first-order valence-corrected chi connectivity index (χ1v) is 13.8. The molecule has 0 radical (unpaired) electrons. The Morgan fingerprint density at radius 1 is 0.976 bits per heavy atom. The van der Waals surface area contributed by atoms with Crippen molar-refractivity contribution in [1.82, 2.24) is 15.1 Å². The molecular formula is C32H31ClN4O5. The number of esters is 1. The Morgan fingerprint density at radius 3 is 2.26 bits per heavy atom. The fraction of sp³-hybridized carbons (Fsp3) is 0.250. The maximum absolute atomic E-state index is 14.8. The average molecular weight is 587 g/mol. The number of carbonyl (C=O) groups excluding carboxylic acids is 3. The Kier molecular flexibility index (Phi) is 7.55. The number of carbonyl (C=O) groups is 3. The van der Waals surface area contributed by atoms with Crippen LogP contribution in [0.15, 0.2) is 78.9 Å². The van der Waals surface area contributed by atoms with Crippen LogP contribution in [-0.2, 0) is 26.4 Å². The number of benzene rings is 3. The molecule has 42 heavy (non-hydrogen) atoms. The number of nitrogens with one attached hydrogen (secondary N) is 1. The number of hydrogen-bond donors (Lipinski definition) is 1. The number of aromatic nitrogens is 2. The summed E-state index contributed by atoms with van der Waals surface area (Å²) >= 11 is 6.13. The van der Waals surface area contributed by atoms with E-state index in [1.165, 1.54) is 11.6 Å². The number of para-hydroxylation sites is 1. The van der Waals surface area contributed by atoms with Gasteiger partial charge in [0, 0.05) is 17.5 Å². The minimum absolute atomic E-state index is 0.0110. The summed E-state index contributed by atoms with van der Waals surface area (Å²) in [4.78, 5) is 42.4. The van der Waals surface area contributed by atoms with Gasteiger partial charge in [0.25, 0.3) is 5.91 Å². The van der Waals surface area contributed by atoms with Gasteiger partial charge in [0.2, 0.25) is 5.88 Å². The number of anilines is 1. The molecule has 2 amide bonds. The monoisotopic (exact) mass is 586 g/mol. The topological polar surface area (TPSA) is 103 Å². The maximum Gasteiger partial charge on any atom is 0.409 e. The van der Waals surface area contributed by atoms with Crippen molar-refractivity contribution >= 4 is 35.3 Å². The molecular weight excluding hydrogens is 556 g/mol. The van der Waals surface area contributed by atoms with Gasteiger partial charge >= 0.3 is 12.1 Å². The van der Waals surface area contributed by atoms with Gasteiger partial charge in [-0.3, -0.25) is 14.9 Å². The van der Waals surface area contributed by atoms with Crippen LogP contribution in [0.2, 0.25) is 5.02 Å². The molecule has 0 fully saturated rings. The van der Waals surface area contributed by atoms with Crippen molar-refractivity contribution in [3.8, 4) is 11.6 Å². The molecule has 10 heteroatoms. The normalized spacial score (nSPS) is 16.2. The first-order chi connectivity index (χ1) is 19.9. The van der Waals surface area contributed by atoms with Crippen molar-refractivity contribution in [2.45, 2.75) is 52.3 Å². The van der Waals surface area contributed by atoms with Crippen molar-refractivity contribution in [3.63, 3.8) is 0 Å². The molecule has 1 aliphatic heterocycles. The van der Waals surface area contributed by atoms with E-state index >= 15 is 0 Å². The van der Waals surface area contributed by atoms with E-state index in [2.05, 4.69) is 10.4 Å². The van der Waals surface area contributed by atoms with Gasteiger partial charge in [-0.2, -0.15) is 5.10 Å². The standard InChI is InChI=1S/C32H31ClN4O5/c1-20-27(28(41-21(2)38)37(35-20)24-17-15-23(33)16-18-24)32(34-30(40)42-31(3,4)5)25-13-9-10-14-26(25)36(29(32)39)19-22-11-7-6-8-12-22/h6-18H,19H2,1-5H3,(H,34,40)/t32-/m1/s1. The molecule has 1 atom stereocenters. The van der Waals surface area contributed by atoms with Crippen molar-refractivity contribution in [2.24, 2.45) is 0 Å². The highest BCUT2D eigenvalue weighted by molar-refractivity contribution is 6.30. The van der Waals surface area contributed by atoms with E-state index < -0.39 is 29.1 Å². The summed E-state index contributed by atoms with van der Waals surface area (Å²) in [5.74, 6) is -1.09. The predicted octanol–water partition coefficient (Wildman–Crippen LogP) is 6.07. The van der Waals surface area contributed by atoms with E-state index in [9.17, 15) is 14.4 Å². The number of halogens is 1. The van der Waals surface area contributed by atoms with Gasteiger partial charge < -0.3 is 14.4 Å². The molecule has 0 saturated carbocycles. The van der Waals surface area contributed by atoms with Gasteiger partial charge in [-0.05, 0) is 63.6 Å². The minimum Gasteiger partial charge on any atom is -0.444 e. The van der Waals surface area contributed by atoms with Gasteiger partial charge in [-0.15, -0.1) is 0 Å². The highest BCUT2D eigenvalue weighted by Crippen LogP contribution is 2.49. The van der Waals surface area contributed by atoms with E-state index in [1.54, 1.807) is 69.0 Å². The molecule has 0 spiro atoms. The van der Waals surface area contributed by atoms with Crippen LogP contribution < -0.4 is 15.0 Å². The maximum atomic E-state index is 14.8. The number of nitrogens with zero attached hydrogens (tertiary/aromatic N) is 3. The molecule has 9 nitrogen and oxygen atoms in total. The zero-order chi connectivity index (χ0) is 30.2. The third kappa shape index (κ3) is 5.35. The Hall–Kier alpha value is -4.63. The molecule has 2 heterocycles. The summed E-state index contributed by atoms with van der Waals surface area (Å²) in [7, 11) is 0. The zero-order valence-corrected chi connectivity index (χ0v) is 24.7. The SMILES string of the molecule is CC(=O)Oc1c([C@@]2(NC(=O)OC(C)(C)C)C(=O)N(Cc3ccccc3)c3ccccc32)c(C)nn1-c1ccc(Cl)cc1. The summed E-state index contributed by atoms with van der Waals surface area (Å²) in [6, 6.07) is 23.5. The second kappa shape index (κ2) is 11.0. The van der Waals surface area contributed by atoms with Gasteiger partial charge in [0.05, 0.1) is 29.2 Å². The minimum atomic E-state index is -1.84. The lowest BCUT2D eigenvalue weighted by molar-refractivity contribution is -0.132. The molecule has 0 aliphatic carbocycles. The number of fused-ring (bicyclic) bond motifs is 1. The first-order valence-electron chi connectivity index (χ1n) is 13.4. The molecule has 0 saturated heterocycles. The van der Waals surface area contributed by atoms with Crippen LogP contribution in [0.1, 0.15) is 50.1 Å². The lowest BCUT2D eigenvalue weighted by atomic mass is 9.83. The number of hydrogen-bond acceptors (Lipinski definition) is 6. The molecule has 4 aromatic rings. The van der Waals surface area contributed by atoms with Crippen LogP contribution in [0.4, 0.5) is 10.5 Å². The third-order valence-electron chi connectivity index (χ3n) is 6.74. The summed E-state index contributed by atoms with van der Waals surface area (Å²) < 4.78 is 12.9. The van der Waals surface area contributed by atoms with Crippen LogP contribution in [-0.4, -0.2) is 33.4 Å². The Morgan fingerprint density at radius 2 is 1.62 bits per heavy atom. The molecule has 5 rings (SSSR count). The largest absolute Gasteiger partial charge is 0.444 e. The number of rotatable bonds is 6. The van der Waals surface area contributed by atoms with Gasteiger partial charge in [-0.25, -0.2) is 9.48 Å². The predicted molar refractivity (Wildman–Crippen MR) is 159 cm³/mol. The summed E-state index contributed by atoms with van der Waals surface area (Å²) in [5.41, 5.74) is 0.400. The van der Waals surface area contributed by atoms with Gasteiger partial charge in [-0.1, -0.05) is 60.1 Å². The van der Waals surface area contributed by atoms with Crippen LogP contribution >= 0.6 is 11.6 Å². The van der Waals surface area contributed by atoms with E-state index in [0.717, 1.165) is 5.56 Å². The van der Waals surface area contributed by atoms with Crippen molar-refractivity contribution in [1.29, 1.82) is 0 Å². The van der Waals surface area contributed by atoms with Gasteiger partial charge in [0.15, 0.2) is 5.54 Å². The summed E-state index contributed by atoms with van der Waals surface area (Å²) in [5, 5.41) is 8.09. The van der Waals surface area contributed by atoms with Gasteiger partial charge in [0.1, 0.15) is 5.60 Å². The molecule has 1 aromatic heterocycles. The molecule has 0 bridgehead atoms. The fourth-order valence-corrected chi connectivity index (χ4v) is 5.31. The molecule has 1 aliphatic rings. The highest BCUT2D eigenvalue weighted by Gasteiger charge is 2.57. The second-order valence-corrected chi connectivity index (χ2v) is 11.5. The smallest absolute Gasteiger partial charge is 0.409 e. The molecule has 1 N–H and O–H groups in total. The quantitative estimate of drug-likeness (QED) is 0.275. The van der Waals surface area contributed by atoms with Crippen LogP contribution in [0, 0.1) is 6.92 Å². The number of aryl methyl sites for hydroxylation is 1. The van der Waals surface area contributed by atoms with Crippen molar-refractivity contribution in [3.05, 3.63) is 106 Å². The number of ether oxygens (including phenoxy) is 2. The number of alkyl carbamates (subject to hydrolysis) is 1. The lowest BCUT2D eigenvalue weighted by Crippen LogP contribution is -2.55. The first kappa shape index (κ1) is 28.9. The van der Waals surface area contributed by atoms with E-state index in [-0.39, 0.29) is 18.0 Å². The average Bonchev–Trinajstić information content (AvgIpc) is 3.35. The second-order valence-electron chi connectivity index (χ2n) is 11.0. The summed E-state index contributed by atoms with van der Waals surface area (Å²) in [6.45, 7) is 8.40. The third-order valence-corrected chi connectivity index (χ3v) is 6.99. The van der Waals surface area contributed by atoms with Crippen LogP contribution in [0.3, 0.4) is 0 Å². The van der Waals surface area contributed by atoms with E-state index in [4.69, 9.17) is 21.1 Å². The Balaban J connectivity index is 1.78. The van der Waals surface area contributed by atoms with E-state index in [1.807, 2.05) is 42.5 Å². The van der Waals surface area contributed by atoms with Crippen molar-refractivity contribution < 1.29 is 23.9 Å². The van der Waals surface area contributed by atoms with Crippen LogP contribution in [0.25, 0.3) is 5.69 Å². The van der Waals surface area contributed by atoms with E-state index in [0.29, 0.717) is 27.7 Å². The fourth-order valence-electron chi connectivity index (χ4n) is 5.18. The molecule has 0 unspecified atom stereocenters. The summed E-state index contributed by atoms with van der Waals surface area (Å²) in [6.07, 6.45) is -0.820. The number of amides is 2. The lowest BCUT2D eigenvalue weighted by Gasteiger charge is -2.32. The molecule has 216 valence electrons. The molecule has 3 aromatic carbocycles. The Labute approximate surface area is 249 Å².